The Labute approximate surface area is 166 Å². The Morgan fingerprint density at radius 2 is 1.79 bits per heavy atom. The number of nitro benzene ring substituents is 2. The Bertz CT molecular complexity index is 1180. The minimum atomic E-state index is -0.723. The number of rotatable bonds is 5. The van der Waals surface area contributed by atoms with Crippen LogP contribution in [0.2, 0.25) is 5.02 Å². The van der Waals surface area contributed by atoms with Crippen LogP contribution < -0.4 is 4.80 Å². The second-order valence-electron chi connectivity index (χ2n) is 5.78. The van der Waals surface area contributed by atoms with E-state index in [0.717, 1.165) is 23.8 Å². The van der Waals surface area contributed by atoms with E-state index in [0.29, 0.717) is 21.6 Å². The summed E-state index contributed by atoms with van der Waals surface area (Å²) in [5.41, 5.74) is 0.310. The number of carbonyl (C=O) groups excluding carboxylic acids is 1. The van der Waals surface area contributed by atoms with Gasteiger partial charge in [0.1, 0.15) is 0 Å². The number of amides is 1. The zero-order valence-corrected chi connectivity index (χ0v) is 16.1. The van der Waals surface area contributed by atoms with Crippen molar-refractivity contribution in [2.45, 2.75) is 19.9 Å². The van der Waals surface area contributed by atoms with Gasteiger partial charge in [0, 0.05) is 30.8 Å². The van der Waals surface area contributed by atoms with Crippen LogP contribution in [0, 0.1) is 20.2 Å². The van der Waals surface area contributed by atoms with Crippen LogP contribution in [0.15, 0.2) is 41.4 Å². The second-order valence-corrected chi connectivity index (χ2v) is 7.20. The highest BCUT2D eigenvalue weighted by molar-refractivity contribution is 7.16. The number of hydrogen-bond donors (Lipinski definition) is 0. The van der Waals surface area contributed by atoms with E-state index in [1.54, 1.807) is 10.6 Å². The van der Waals surface area contributed by atoms with Gasteiger partial charge in [-0.25, -0.2) is 0 Å². The number of aryl methyl sites for hydroxylation is 1. The zero-order chi connectivity index (χ0) is 20.4. The van der Waals surface area contributed by atoms with Crippen molar-refractivity contribution in [2.75, 3.05) is 0 Å². The molecule has 2 aromatic carbocycles. The molecular weight excluding hydrogens is 408 g/mol. The number of nitrogens with zero attached hydrogens (tertiary/aromatic N) is 4. The maximum absolute atomic E-state index is 12.6. The molecule has 0 bridgehead atoms. The summed E-state index contributed by atoms with van der Waals surface area (Å²) in [6, 6.07) is 7.99. The van der Waals surface area contributed by atoms with E-state index in [1.807, 2.05) is 6.92 Å². The zero-order valence-electron chi connectivity index (χ0n) is 14.5. The first-order valence-corrected chi connectivity index (χ1v) is 9.32. The number of hydrogen-bond acceptors (Lipinski definition) is 6. The van der Waals surface area contributed by atoms with Crippen molar-refractivity contribution < 1.29 is 14.6 Å². The number of carbonyl (C=O) groups is 1. The van der Waals surface area contributed by atoms with E-state index in [2.05, 4.69) is 4.99 Å². The maximum Gasteiger partial charge on any atom is 0.281 e. The van der Waals surface area contributed by atoms with Crippen molar-refractivity contribution in [3.05, 3.63) is 72.0 Å². The third kappa shape index (κ3) is 3.78. The SMILES string of the molecule is CCCn1c(=NC(=O)c2cc([N+](=O)[O-])ccc2Cl)sc2cc([N+](=O)[O-])ccc21. The molecule has 28 heavy (non-hydrogen) atoms. The fourth-order valence-corrected chi connectivity index (χ4v) is 3.92. The number of nitro groups is 2. The molecule has 1 aromatic heterocycles. The van der Waals surface area contributed by atoms with Crippen molar-refractivity contribution in [1.82, 2.24) is 4.57 Å². The second kappa shape index (κ2) is 7.87. The lowest BCUT2D eigenvalue weighted by Crippen LogP contribution is -2.17. The molecule has 0 aliphatic carbocycles. The normalized spacial score (nSPS) is 11.7. The number of thiazole rings is 1. The van der Waals surface area contributed by atoms with Crippen molar-refractivity contribution in [1.29, 1.82) is 0 Å². The molecule has 3 aromatic rings. The first-order valence-electron chi connectivity index (χ1n) is 8.12. The standard InChI is InChI=1S/C17H13ClN4O5S/c1-2-7-20-14-6-4-11(22(26)27)9-15(14)28-17(20)19-16(23)12-8-10(21(24)25)3-5-13(12)18/h3-6,8-9H,2,7H2,1H3. The molecule has 0 atom stereocenters. The Balaban J connectivity index is 2.16. The molecule has 3 rings (SSSR count). The molecular formula is C17H13ClN4O5S. The lowest BCUT2D eigenvalue weighted by Gasteiger charge is -2.03. The van der Waals surface area contributed by atoms with Crippen LogP contribution in [-0.2, 0) is 6.54 Å². The average molecular weight is 421 g/mol. The summed E-state index contributed by atoms with van der Waals surface area (Å²) in [6.07, 6.45) is 0.752. The summed E-state index contributed by atoms with van der Waals surface area (Å²) < 4.78 is 2.40. The number of non-ortho nitro benzene ring substituents is 2. The van der Waals surface area contributed by atoms with Gasteiger partial charge in [0.05, 0.1) is 30.6 Å². The summed E-state index contributed by atoms with van der Waals surface area (Å²) in [5, 5.41) is 22.0. The van der Waals surface area contributed by atoms with Gasteiger partial charge in [-0.2, -0.15) is 4.99 Å². The summed E-state index contributed by atoms with van der Waals surface area (Å²) in [7, 11) is 0. The average Bonchev–Trinajstić information content (AvgIpc) is 2.98. The van der Waals surface area contributed by atoms with E-state index in [-0.39, 0.29) is 22.0 Å². The first kappa shape index (κ1) is 19.6. The topological polar surface area (TPSA) is 121 Å². The molecule has 0 aliphatic rings. The molecule has 1 amide bonds. The van der Waals surface area contributed by atoms with Gasteiger partial charge in [0.15, 0.2) is 4.80 Å². The van der Waals surface area contributed by atoms with Gasteiger partial charge < -0.3 is 4.57 Å². The summed E-state index contributed by atoms with van der Waals surface area (Å²) in [6.45, 7) is 2.50. The predicted molar refractivity (Wildman–Crippen MR) is 105 cm³/mol. The Hall–Kier alpha value is -3.11. The first-order chi connectivity index (χ1) is 13.3. The molecule has 0 radical (unpaired) electrons. The van der Waals surface area contributed by atoms with E-state index in [1.165, 1.54) is 24.3 Å². The van der Waals surface area contributed by atoms with Crippen molar-refractivity contribution in [2.24, 2.45) is 4.99 Å². The van der Waals surface area contributed by atoms with E-state index in [9.17, 15) is 25.0 Å². The monoisotopic (exact) mass is 420 g/mol. The van der Waals surface area contributed by atoms with Crippen LogP contribution >= 0.6 is 22.9 Å². The number of benzene rings is 2. The third-order valence-corrected chi connectivity index (χ3v) is 5.28. The fourth-order valence-electron chi connectivity index (χ4n) is 2.64. The molecule has 11 heteroatoms. The highest BCUT2D eigenvalue weighted by atomic mass is 35.5. The van der Waals surface area contributed by atoms with Gasteiger partial charge in [-0.05, 0) is 18.6 Å². The molecule has 0 aliphatic heterocycles. The lowest BCUT2D eigenvalue weighted by molar-refractivity contribution is -0.385. The van der Waals surface area contributed by atoms with Crippen LogP contribution in [0.5, 0.6) is 0 Å². The molecule has 0 saturated carbocycles. The smallest absolute Gasteiger partial charge is 0.281 e. The van der Waals surface area contributed by atoms with Crippen molar-refractivity contribution >= 4 is 50.4 Å². The van der Waals surface area contributed by atoms with Crippen LogP contribution in [-0.4, -0.2) is 20.3 Å². The van der Waals surface area contributed by atoms with E-state index < -0.39 is 15.8 Å². The molecule has 0 fully saturated rings. The van der Waals surface area contributed by atoms with E-state index >= 15 is 0 Å². The Morgan fingerprint density at radius 1 is 1.14 bits per heavy atom. The van der Waals surface area contributed by atoms with Crippen molar-refractivity contribution in [3.8, 4) is 0 Å². The van der Waals surface area contributed by atoms with Crippen molar-refractivity contribution in [3.63, 3.8) is 0 Å². The molecule has 0 saturated heterocycles. The quantitative estimate of drug-likeness (QED) is 0.449. The highest BCUT2D eigenvalue weighted by Gasteiger charge is 2.17. The Kier molecular flexibility index (Phi) is 5.52. The lowest BCUT2D eigenvalue weighted by atomic mass is 10.2. The van der Waals surface area contributed by atoms with Crippen LogP contribution in [0.1, 0.15) is 23.7 Å². The molecule has 0 N–H and O–H groups in total. The van der Waals surface area contributed by atoms with Gasteiger partial charge in [-0.3, -0.25) is 25.0 Å². The minimum Gasteiger partial charge on any atom is -0.316 e. The largest absolute Gasteiger partial charge is 0.316 e. The number of halogens is 1. The van der Waals surface area contributed by atoms with Crippen LogP contribution in [0.4, 0.5) is 11.4 Å². The maximum atomic E-state index is 12.6. The van der Waals surface area contributed by atoms with E-state index in [4.69, 9.17) is 11.6 Å². The van der Waals surface area contributed by atoms with Gasteiger partial charge in [-0.1, -0.05) is 29.9 Å². The molecule has 1 heterocycles. The Morgan fingerprint density at radius 3 is 2.43 bits per heavy atom. The highest BCUT2D eigenvalue weighted by Crippen LogP contribution is 2.25. The summed E-state index contributed by atoms with van der Waals surface area (Å²) in [5.74, 6) is -0.723. The number of fused-ring (bicyclic) bond motifs is 1. The predicted octanol–water partition coefficient (Wildman–Crippen LogP) is 4.32. The van der Waals surface area contributed by atoms with Gasteiger partial charge in [0.2, 0.25) is 0 Å². The minimum absolute atomic E-state index is 0.0538. The third-order valence-electron chi connectivity index (χ3n) is 3.91. The molecule has 144 valence electrons. The van der Waals surface area contributed by atoms with Gasteiger partial charge >= 0.3 is 0 Å². The van der Waals surface area contributed by atoms with Crippen LogP contribution in [0.25, 0.3) is 10.2 Å². The fraction of sp³-hybridized carbons (Fsp3) is 0.176. The summed E-state index contributed by atoms with van der Waals surface area (Å²) in [4.78, 5) is 37.9. The van der Waals surface area contributed by atoms with Crippen LogP contribution in [0.3, 0.4) is 0 Å². The molecule has 0 spiro atoms. The summed E-state index contributed by atoms with van der Waals surface area (Å²) >= 11 is 7.14. The molecule has 0 unspecified atom stereocenters. The molecule has 9 nitrogen and oxygen atoms in total. The van der Waals surface area contributed by atoms with Gasteiger partial charge in [-0.15, -0.1) is 0 Å². The number of aromatic nitrogens is 1. The van der Waals surface area contributed by atoms with Gasteiger partial charge in [0.25, 0.3) is 17.3 Å².